The van der Waals surface area contributed by atoms with E-state index in [1.165, 1.54) is 0 Å². The zero-order chi connectivity index (χ0) is 14.4. The Morgan fingerprint density at radius 2 is 1.95 bits per heavy atom. The van der Waals surface area contributed by atoms with Crippen molar-refractivity contribution < 1.29 is 4.74 Å². The molecule has 5 nitrogen and oxygen atoms in total. The molecule has 5 heteroatoms. The number of hydrogen-bond donors (Lipinski definition) is 1. The molecule has 0 spiro atoms. The van der Waals surface area contributed by atoms with Gasteiger partial charge in [0.2, 0.25) is 0 Å². The van der Waals surface area contributed by atoms with Gasteiger partial charge in [-0.15, -0.1) is 0 Å². The predicted molar refractivity (Wildman–Crippen MR) is 79.5 cm³/mol. The van der Waals surface area contributed by atoms with Crippen LogP contribution in [0.1, 0.15) is 39.4 Å². The molecule has 1 aromatic heterocycles. The average molecular weight is 266 g/mol. The Morgan fingerprint density at radius 1 is 1.26 bits per heavy atom. The summed E-state index contributed by atoms with van der Waals surface area (Å²) in [6.45, 7) is 10.9. The summed E-state index contributed by atoms with van der Waals surface area (Å²) in [7, 11) is 1.71. The van der Waals surface area contributed by atoms with Gasteiger partial charge in [-0.05, 0) is 5.92 Å². The van der Waals surface area contributed by atoms with Gasteiger partial charge >= 0.3 is 0 Å². The fourth-order valence-corrected chi connectivity index (χ4v) is 1.83. The van der Waals surface area contributed by atoms with Crippen LogP contribution in [-0.4, -0.2) is 36.8 Å². The van der Waals surface area contributed by atoms with Gasteiger partial charge in [0.1, 0.15) is 17.5 Å². The maximum atomic E-state index is 5.89. The van der Waals surface area contributed by atoms with Gasteiger partial charge in [0.15, 0.2) is 0 Å². The van der Waals surface area contributed by atoms with E-state index in [1.807, 2.05) is 6.07 Å². The summed E-state index contributed by atoms with van der Waals surface area (Å²) in [5, 5.41) is 0. The topological polar surface area (TPSA) is 64.3 Å². The Morgan fingerprint density at radius 3 is 2.47 bits per heavy atom. The first-order valence-corrected chi connectivity index (χ1v) is 6.82. The van der Waals surface area contributed by atoms with Crippen molar-refractivity contribution in [2.45, 2.75) is 33.6 Å². The molecule has 108 valence electrons. The number of methoxy groups -OCH3 is 1. The second-order valence-corrected chi connectivity index (χ2v) is 5.50. The largest absolute Gasteiger partial charge is 0.384 e. The fourth-order valence-electron chi connectivity index (χ4n) is 1.83. The lowest BCUT2D eigenvalue weighted by Crippen LogP contribution is -2.32. The number of hydrogen-bond acceptors (Lipinski definition) is 5. The van der Waals surface area contributed by atoms with Crippen LogP contribution < -0.4 is 10.6 Å². The van der Waals surface area contributed by atoms with Crippen molar-refractivity contribution in [2.24, 2.45) is 5.92 Å². The summed E-state index contributed by atoms with van der Waals surface area (Å²) in [4.78, 5) is 11.1. The molecular weight excluding hydrogens is 240 g/mol. The van der Waals surface area contributed by atoms with Crippen LogP contribution in [0.2, 0.25) is 0 Å². The van der Waals surface area contributed by atoms with E-state index in [4.69, 9.17) is 10.5 Å². The minimum atomic E-state index is 0.269. The Labute approximate surface area is 116 Å². The fraction of sp³-hybridized carbons (Fsp3) is 0.714. The van der Waals surface area contributed by atoms with Crippen molar-refractivity contribution in [3.05, 3.63) is 11.9 Å². The van der Waals surface area contributed by atoms with Crippen LogP contribution in [0.5, 0.6) is 0 Å². The Balaban J connectivity index is 2.99. The number of ether oxygens (including phenoxy) is 1. The van der Waals surface area contributed by atoms with Crippen LogP contribution in [0.3, 0.4) is 0 Å². The molecule has 2 N–H and O–H groups in total. The van der Waals surface area contributed by atoms with Gasteiger partial charge < -0.3 is 15.4 Å². The van der Waals surface area contributed by atoms with E-state index in [9.17, 15) is 0 Å². The highest BCUT2D eigenvalue weighted by Gasteiger charge is 2.13. The summed E-state index contributed by atoms with van der Waals surface area (Å²) < 4.78 is 5.17. The molecule has 0 aliphatic rings. The predicted octanol–water partition coefficient (Wildman–Crippen LogP) is 2.29. The Hall–Kier alpha value is -1.36. The first-order chi connectivity index (χ1) is 8.93. The van der Waals surface area contributed by atoms with Crippen LogP contribution in [0.15, 0.2) is 6.07 Å². The SMILES string of the molecule is COCCN(CC(C)C)c1cc(N)nc(C(C)C)n1. The van der Waals surface area contributed by atoms with Crippen molar-refractivity contribution in [3.8, 4) is 0 Å². The van der Waals surface area contributed by atoms with Crippen molar-refractivity contribution in [2.75, 3.05) is 37.4 Å². The second-order valence-electron chi connectivity index (χ2n) is 5.50. The molecule has 0 unspecified atom stereocenters. The highest BCUT2D eigenvalue weighted by Crippen LogP contribution is 2.19. The van der Waals surface area contributed by atoms with E-state index >= 15 is 0 Å². The third kappa shape index (κ3) is 5.03. The molecule has 0 aromatic carbocycles. The van der Waals surface area contributed by atoms with E-state index in [2.05, 4.69) is 42.6 Å². The molecule has 0 radical (unpaired) electrons. The van der Waals surface area contributed by atoms with Gasteiger partial charge in [-0.25, -0.2) is 9.97 Å². The molecule has 0 bridgehead atoms. The molecule has 1 rings (SSSR count). The second kappa shape index (κ2) is 7.28. The molecule has 0 aliphatic carbocycles. The van der Waals surface area contributed by atoms with Gasteiger partial charge in [0.05, 0.1) is 6.61 Å². The third-order valence-corrected chi connectivity index (χ3v) is 2.74. The lowest BCUT2D eigenvalue weighted by Gasteiger charge is -2.26. The Kier molecular flexibility index (Phi) is 6.02. The number of nitrogens with zero attached hydrogens (tertiary/aromatic N) is 3. The lowest BCUT2D eigenvalue weighted by atomic mass is 10.2. The van der Waals surface area contributed by atoms with Gasteiger partial charge in [-0.2, -0.15) is 0 Å². The van der Waals surface area contributed by atoms with E-state index in [1.54, 1.807) is 7.11 Å². The smallest absolute Gasteiger partial charge is 0.135 e. The number of nitrogens with two attached hydrogens (primary N) is 1. The molecule has 1 aromatic rings. The third-order valence-electron chi connectivity index (χ3n) is 2.74. The normalized spacial score (nSPS) is 11.3. The van der Waals surface area contributed by atoms with Crippen molar-refractivity contribution in [1.29, 1.82) is 0 Å². The first-order valence-electron chi connectivity index (χ1n) is 6.82. The molecule has 1 heterocycles. The molecule has 0 atom stereocenters. The summed E-state index contributed by atoms with van der Waals surface area (Å²) in [6, 6.07) is 1.84. The minimum absolute atomic E-state index is 0.269. The number of aromatic nitrogens is 2. The van der Waals surface area contributed by atoms with Gasteiger partial charge in [0, 0.05) is 32.2 Å². The van der Waals surface area contributed by atoms with Crippen LogP contribution >= 0.6 is 0 Å². The summed E-state index contributed by atoms with van der Waals surface area (Å²) >= 11 is 0. The monoisotopic (exact) mass is 266 g/mol. The van der Waals surface area contributed by atoms with E-state index in [0.717, 1.165) is 24.7 Å². The molecule has 0 amide bonds. The van der Waals surface area contributed by atoms with Crippen molar-refractivity contribution in [1.82, 2.24) is 9.97 Å². The van der Waals surface area contributed by atoms with Gasteiger partial charge in [-0.3, -0.25) is 0 Å². The molecular formula is C14H26N4O. The maximum Gasteiger partial charge on any atom is 0.135 e. The maximum absolute atomic E-state index is 5.89. The Bertz CT molecular complexity index is 393. The van der Waals surface area contributed by atoms with Crippen LogP contribution in [0, 0.1) is 5.92 Å². The lowest BCUT2D eigenvalue weighted by molar-refractivity contribution is 0.204. The standard InChI is InChI=1S/C14H26N4O/c1-10(2)9-18(6-7-19-5)13-8-12(15)16-14(17-13)11(3)4/h8,10-11H,6-7,9H2,1-5H3,(H2,15,16,17). The number of rotatable bonds is 7. The summed E-state index contributed by atoms with van der Waals surface area (Å²) in [6.07, 6.45) is 0. The molecule has 0 aliphatic heterocycles. The highest BCUT2D eigenvalue weighted by atomic mass is 16.5. The van der Waals surface area contributed by atoms with Crippen molar-refractivity contribution in [3.63, 3.8) is 0 Å². The zero-order valence-corrected chi connectivity index (χ0v) is 12.7. The average Bonchev–Trinajstić information content (AvgIpc) is 2.33. The van der Waals surface area contributed by atoms with E-state index < -0.39 is 0 Å². The molecule has 0 fully saturated rings. The molecule has 0 saturated carbocycles. The van der Waals surface area contributed by atoms with Gasteiger partial charge in [-0.1, -0.05) is 27.7 Å². The summed E-state index contributed by atoms with van der Waals surface area (Å²) in [5.41, 5.74) is 5.89. The highest BCUT2D eigenvalue weighted by molar-refractivity contribution is 5.47. The quantitative estimate of drug-likeness (QED) is 0.820. The van der Waals surface area contributed by atoms with Crippen LogP contribution in [0.4, 0.5) is 11.6 Å². The van der Waals surface area contributed by atoms with E-state index in [0.29, 0.717) is 18.3 Å². The van der Waals surface area contributed by atoms with Crippen molar-refractivity contribution >= 4 is 11.6 Å². The number of nitrogen functional groups attached to an aromatic ring is 1. The van der Waals surface area contributed by atoms with Crippen LogP contribution in [-0.2, 0) is 4.74 Å². The summed E-state index contributed by atoms with van der Waals surface area (Å²) in [5.74, 6) is 3.03. The molecule has 19 heavy (non-hydrogen) atoms. The van der Waals surface area contributed by atoms with Crippen LogP contribution in [0.25, 0.3) is 0 Å². The minimum Gasteiger partial charge on any atom is -0.384 e. The molecule has 0 saturated heterocycles. The zero-order valence-electron chi connectivity index (χ0n) is 12.7. The van der Waals surface area contributed by atoms with E-state index in [-0.39, 0.29) is 5.92 Å². The van der Waals surface area contributed by atoms with Gasteiger partial charge in [0.25, 0.3) is 0 Å². The number of anilines is 2. The first kappa shape index (κ1) is 15.7.